The standard InChI is InChI=1S/C13H25NO2/c1-11-3-4-12(16-11)9-13(5-6-13)10-14-7-8-15-2/h11-12,14H,3-10H2,1-2H3. The number of rotatable bonds is 7. The third-order valence-corrected chi connectivity index (χ3v) is 3.92. The summed E-state index contributed by atoms with van der Waals surface area (Å²) in [4.78, 5) is 0. The fraction of sp³-hybridized carbons (Fsp3) is 1.00. The van der Waals surface area contributed by atoms with Crippen molar-refractivity contribution in [3.8, 4) is 0 Å². The average molecular weight is 227 g/mol. The Morgan fingerprint density at radius 3 is 2.75 bits per heavy atom. The first kappa shape index (κ1) is 12.3. The smallest absolute Gasteiger partial charge is 0.0587 e. The van der Waals surface area contributed by atoms with Gasteiger partial charge in [-0.05, 0) is 44.4 Å². The lowest BCUT2D eigenvalue weighted by Crippen LogP contribution is -2.29. The molecule has 1 heterocycles. The second kappa shape index (κ2) is 5.48. The van der Waals surface area contributed by atoms with Crippen molar-refractivity contribution in [3.05, 3.63) is 0 Å². The van der Waals surface area contributed by atoms with E-state index in [2.05, 4.69) is 12.2 Å². The van der Waals surface area contributed by atoms with Crippen LogP contribution in [0.3, 0.4) is 0 Å². The van der Waals surface area contributed by atoms with E-state index in [4.69, 9.17) is 9.47 Å². The lowest BCUT2D eigenvalue weighted by atomic mass is 9.97. The number of methoxy groups -OCH3 is 1. The van der Waals surface area contributed by atoms with Gasteiger partial charge < -0.3 is 14.8 Å². The SMILES string of the molecule is COCCNCC1(CC2CCC(C)O2)CC1. The van der Waals surface area contributed by atoms with Gasteiger partial charge in [-0.3, -0.25) is 0 Å². The normalized spacial score (nSPS) is 31.9. The Kier molecular flexibility index (Phi) is 4.22. The molecule has 2 aliphatic rings. The fourth-order valence-corrected chi connectivity index (χ4v) is 2.68. The molecular weight excluding hydrogens is 202 g/mol. The van der Waals surface area contributed by atoms with Crippen LogP contribution in [0.15, 0.2) is 0 Å². The van der Waals surface area contributed by atoms with Gasteiger partial charge in [-0.2, -0.15) is 0 Å². The van der Waals surface area contributed by atoms with E-state index >= 15 is 0 Å². The molecule has 2 rings (SSSR count). The zero-order valence-corrected chi connectivity index (χ0v) is 10.6. The predicted molar refractivity (Wildman–Crippen MR) is 64.6 cm³/mol. The highest BCUT2D eigenvalue weighted by atomic mass is 16.5. The first-order valence-electron chi connectivity index (χ1n) is 6.59. The average Bonchev–Trinajstić information content (AvgIpc) is 2.90. The highest BCUT2D eigenvalue weighted by Gasteiger charge is 2.44. The summed E-state index contributed by atoms with van der Waals surface area (Å²) in [6.45, 7) is 5.12. The van der Waals surface area contributed by atoms with E-state index in [-0.39, 0.29) is 0 Å². The van der Waals surface area contributed by atoms with Crippen LogP contribution in [0.2, 0.25) is 0 Å². The molecule has 1 N–H and O–H groups in total. The Morgan fingerprint density at radius 2 is 2.19 bits per heavy atom. The van der Waals surface area contributed by atoms with Crippen molar-refractivity contribution in [3.63, 3.8) is 0 Å². The zero-order chi connectivity index (χ0) is 11.4. The molecule has 3 nitrogen and oxygen atoms in total. The van der Waals surface area contributed by atoms with Crippen molar-refractivity contribution in [2.24, 2.45) is 5.41 Å². The quantitative estimate of drug-likeness (QED) is 0.674. The molecule has 0 aromatic carbocycles. The van der Waals surface area contributed by atoms with Crippen molar-refractivity contribution < 1.29 is 9.47 Å². The second-order valence-electron chi connectivity index (χ2n) is 5.52. The van der Waals surface area contributed by atoms with Crippen LogP contribution in [0.1, 0.15) is 39.0 Å². The lowest BCUT2D eigenvalue weighted by molar-refractivity contribution is 0.0377. The molecule has 0 aromatic heterocycles. The van der Waals surface area contributed by atoms with Crippen LogP contribution >= 0.6 is 0 Å². The third-order valence-electron chi connectivity index (χ3n) is 3.92. The Bertz CT molecular complexity index is 216. The van der Waals surface area contributed by atoms with E-state index in [0.29, 0.717) is 17.6 Å². The van der Waals surface area contributed by atoms with Gasteiger partial charge in [0.05, 0.1) is 18.8 Å². The van der Waals surface area contributed by atoms with Crippen molar-refractivity contribution in [1.29, 1.82) is 0 Å². The van der Waals surface area contributed by atoms with E-state index in [1.165, 1.54) is 32.1 Å². The summed E-state index contributed by atoms with van der Waals surface area (Å²) in [5.74, 6) is 0. The Hall–Kier alpha value is -0.120. The number of hydrogen-bond donors (Lipinski definition) is 1. The summed E-state index contributed by atoms with van der Waals surface area (Å²) >= 11 is 0. The molecule has 0 spiro atoms. The maximum absolute atomic E-state index is 5.91. The predicted octanol–water partition coefficient (Wildman–Crippen LogP) is 1.96. The molecule has 1 saturated heterocycles. The summed E-state index contributed by atoms with van der Waals surface area (Å²) in [5.41, 5.74) is 0.558. The Morgan fingerprint density at radius 1 is 1.38 bits per heavy atom. The molecule has 0 bridgehead atoms. The molecule has 1 aliphatic carbocycles. The van der Waals surface area contributed by atoms with Crippen LogP contribution < -0.4 is 5.32 Å². The molecule has 1 saturated carbocycles. The maximum Gasteiger partial charge on any atom is 0.0587 e. The first-order valence-corrected chi connectivity index (χ1v) is 6.59. The summed E-state index contributed by atoms with van der Waals surface area (Å²) in [6, 6.07) is 0. The molecule has 0 amide bonds. The zero-order valence-electron chi connectivity index (χ0n) is 10.6. The van der Waals surface area contributed by atoms with Crippen LogP contribution in [-0.4, -0.2) is 39.0 Å². The summed E-state index contributed by atoms with van der Waals surface area (Å²) < 4.78 is 10.9. The minimum absolute atomic E-state index is 0.488. The Balaban J connectivity index is 1.64. The minimum Gasteiger partial charge on any atom is -0.383 e. The van der Waals surface area contributed by atoms with E-state index in [9.17, 15) is 0 Å². The largest absolute Gasteiger partial charge is 0.383 e. The molecule has 0 radical (unpaired) electrons. The highest BCUT2D eigenvalue weighted by molar-refractivity contribution is 4.97. The minimum atomic E-state index is 0.488. The van der Waals surface area contributed by atoms with Crippen LogP contribution in [0.5, 0.6) is 0 Å². The first-order chi connectivity index (χ1) is 7.74. The van der Waals surface area contributed by atoms with Gasteiger partial charge in [-0.25, -0.2) is 0 Å². The highest BCUT2D eigenvalue weighted by Crippen LogP contribution is 2.50. The molecule has 16 heavy (non-hydrogen) atoms. The number of hydrogen-bond acceptors (Lipinski definition) is 3. The lowest BCUT2D eigenvalue weighted by Gasteiger charge is -2.20. The Labute approximate surface area is 98.9 Å². The fourth-order valence-electron chi connectivity index (χ4n) is 2.68. The van der Waals surface area contributed by atoms with E-state index in [0.717, 1.165) is 19.7 Å². The van der Waals surface area contributed by atoms with E-state index < -0.39 is 0 Å². The van der Waals surface area contributed by atoms with Crippen LogP contribution in [-0.2, 0) is 9.47 Å². The van der Waals surface area contributed by atoms with Gasteiger partial charge in [-0.15, -0.1) is 0 Å². The van der Waals surface area contributed by atoms with Gasteiger partial charge >= 0.3 is 0 Å². The van der Waals surface area contributed by atoms with Crippen LogP contribution in [0.4, 0.5) is 0 Å². The molecule has 2 fully saturated rings. The molecule has 94 valence electrons. The van der Waals surface area contributed by atoms with Gasteiger partial charge in [0.2, 0.25) is 0 Å². The molecule has 2 unspecified atom stereocenters. The maximum atomic E-state index is 5.91. The molecule has 2 atom stereocenters. The number of nitrogens with one attached hydrogen (secondary N) is 1. The third kappa shape index (κ3) is 3.44. The van der Waals surface area contributed by atoms with Crippen molar-refractivity contribution in [2.45, 2.75) is 51.2 Å². The van der Waals surface area contributed by atoms with Gasteiger partial charge in [0.15, 0.2) is 0 Å². The van der Waals surface area contributed by atoms with Gasteiger partial charge in [0, 0.05) is 20.2 Å². The van der Waals surface area contributed by atoms with E-state index in [1.807, 2.05) is 0 Å². The van der Waals surface area contributed by atoms with Crippen molar-refractivity contribution in [1.82, 2.24) is 5.32 Å². The topological polar surface area (TPSA) is 30.5 Å². The summed E-state index contributed by atoms with van der Waals surface area (Å²) in [5, 5.41) is 3.49. The van der Waals surface area contributed by atoms with Gasteiger partial charge in [-0.1, -0.05) is 0 Å². The van der Waals surface area contributed by atoms with E-state index in [1.54, 1.807) is 7.11 Å². The molecular formula is C13H25NO2. The van der Waals surface area contributed by atoms with Crippen LogP contribution in [0.25, 0.3) is 0 Å². The number of ether oxygens (including phenoxy) is 2. The second-order valence-corrected chi connectivity index (χ2v) is 5.52. The van der Waals surface area contributed by atoms with Crippen molar-refractivity contribution >= 4 is 0 Å². The molecule has 1 aliphatic heterocycles. The summed E-state index contributed by atoms with van der Waals surface area (Å²) in [7, 11) is 1.75. The molecule has 0 aromatic rings. The monoisotopic (exact) mass is 227 g/mol. The van der Waals surface area contributed by atoms with Gasteiger partial charge in [0.1, 0.15) is 0 Å². The van der Waals surface area contributed by atoms with Gasteiger partial charge in [0.25, 0.3) is 0 Å². The van der Waals surface area contributed by atoms with Crippen LogP contribution in [0, 0.1) is 5.41 Å². The summed E-state index contributed by atoms with van der Waals surface area (Å²) in [6.07, 6.45) is 7.54. The van der Waals surface area contributed by atoms with Crippen molar-refractivity contribution in [2.75, 3.05) is 26.8 Å². The molecule has 3 heteroatoms.